The molecule has 0 aliphatic heterocycles. The molecule has 0 unspecified atom stereocenters. The van der Waals surface area contributed by atoms with E-state index in [2.05, 4.69) is 81.4 Å². The third kappa shape index (κ3) is 5.17. The van der Waals surface area contributed by atoms with Crippen molar-refractivity contribution in [3.8, 4) is 0 Å². The zero-order chi connectivity index (χ0) is 18.4. The van der Waals surface area contributed by atoms with E-state index in [-0.39, 0.29) is 0 Å². The summed E-state index contributed by atoms with van der Waals surface area (Å²) in [5, 5.41) is 0. The van der Waals surface area contributed by atoms with Crippen molar-refractivity contribution < 1.29 is 4.74 Å². The molecule has 0 radical (unpaired) electrons. The van der Waals surface area contributed by atoms with Gasteiger partial charge in [0.05, 0.1) is 11.2 Å². The lowest BCUT2D eigenvalue weighted by molar-refractivity contribution is 0.0144. The zero-order valence-corrected chi connectivity index (χ0v) is 16.9. The fourth-order valence-corrected chi connectivity index (χ4v) is 4.69. The standard InChI is InChI=1S/C24H30OS/c1-18(2)22-15-14-19(3)16-23(22)25-17-24(20-10-6-4-7-11-20)26-21-12-8-5-9-13-21/h4-13,17-19,22-23H,14-16H2,1-3H3/b24-17-/t19-,22+,23-/m1/s1. The van der Waals surface area contributed by atoms with E-state index in [4.69, 9.17) is 4.74 Å². The normalized spacial score (nSPS) is 23.8. The molecule has 0 spiro atoms. The minimum atomic E-state index is 0.328. The molecule has 1 nitrogen and oxygen atoms in total. The van der Waals surface area contributed by atoms with Crippen molar-refractivity contribution in [3.63, 3.8) is 0 Å². The van der Waals surface area contributed by atoms with Gasteiger partial charge in [0.1, 0.15) is 6.10 Å². The van der Waals surface area contributed by atoms with E-state index >= 15 is 0 Å². The quantitative estimate of drug-likeness (QED) is 0.393. The fraction of sp³-hybridized carbons (Fsp3) is 0.417. The molecule has 0 saturated heterocycles. The first-order chi connectivity index (χ1) is 12.6. The van der Waals surface area contributed by atoms with E-state index in [9.17, 15) is 0 Å². The SMILES string of the molecule is CC(C)[C@@H]1CC[C@@H](C)C[C@H]1O/C=C(\Sc1ccccc1)c1ccccc1. The molecular weight excluding hydrogens is 336 g/mol. The van der Waals surface area contributed by atoms with Gasteiger partial charge in [-0.25, -0.2) is 0 Å². The lowest BCUT2D eigenvalue weighted by Gasteiger charge is -2.36. The van der Waals surface area contributed by atoms with Gasteiger partial charge in [0.25, 0.3) is 0 Å². The molecule has 3 rings (SSSR count). The maximum atomic E-state index is 6.43. The number of rotatable bonds is 6. The predicted molar refractivity (Wildman–Crippen MR) is 113 cm³/mol. The third-order valence-corrected chi connectivity index (χ3v) is 6.40. The van der Waals surface area contributed by atoms with Gasteiger partial charge in [-0.05, 0) is 48.3 Å². The Bertz CT molecular complexity index is 693. The molecule has 0 aromatic heterocycles. The molecule has 0 heterocycles. The molecule has 1 aliphatic rings. The Labute approximate surface area is 162 Å². The Morgan fingerprint density at radius 3 is 2.31 bits per heavy atom. The van der Waals surface area contributed by atoms with Crippen LogP contribution < -0.4 is 0 Å². The Hall–Kier alpha value is -1.67. The number of thioether (sulfide) groups is 1. The monoisotopic (exact) mass is 366 g/mol. The fourth-order valence-electron chi connectivity index (χ4n) is 3.79. The highest BCUT2D eigenvalue weighted by Crippen LogP contribution is 2.38. The number of hydrogen-bond acceptors (Lipinski definition) is 2. The van der Waals surface area contributed by atoms with Crippen LogP contribution in [0.3, 0.4) is 0 Å². The molecular formula is C24H30OS. The van der Waals surface area contributed by atoms with Gasteiger partial charge < -0.3 is 4.74 Å². The van der Waals surface area contributed by atoms with Crippen molar-refractivity contribution in [1.82, 2.24) is 0 Å². The van der Waals surface area contributed by atoms with E-state index in [0.717, 1.165) is 12.3 Å². The van der Waals surface area contributed by atoms with Crippen molar-refractivity contribution in [2.45, 2.75) is 51.0 Å². The molecule has 0 bridgehead atoms. The summed E-state index contributed by atoms with van der Waals surface area (Å²) >= 11 is 1.78. The van der Waals surface area contributed by atoms with Crippen molar-refractivity contribution in [2.24, 2.45) is 17.8 Å². The van der Waals surface area contributed by atoms with Crippen LogP contribution in [0.1, 0.15) is 45.6 Å². The molecule has 1 aliphatic carbocycles. The highest BCUT2D eigenvalue weighted by atomic mass is 32.2. The lowest BCUT2D eigenvalue weighted by atomic mass is 9.75. The van der Waals surface area contributed by atoms with Crippen LogP contribution in [0.25, 0.3) is 4.91 Å². The van der Waals surface area contributed by atoms with E-state index in [1.807, 2.05) is 6.26 Å². The Kier molecular flexibility index (Phi) is 6.85. The second-order valence-corrected chi connectivity index (χ2v) is 8.88. The van der Waals surface area contributed by atoms with Gasteiger partial charge in [-0.3, -0.25) is 0 Å². The first-order valence-electron chi connectivity index (χ1n) is 9.77. The largest absolute Gasteiger partial charge is 0.497 e. The first kappa shape index (κ1) is 19.1. The maximum absolute atomic E-state index is 6.43. The third-order valence-electron chi connectivity index (χ3n) is 5.34. The molecule has 26 heavy (non-hydrogen) atoms. The summed E-state index contributed by atoms with van der Waals surface area (Å²) in [6.45, 7) is 7.02. The molecule has 2 heteroatoms. The van der Waals surface area contributed by atoms with Crippen LogP contribution in [0.5, 0.6) is 0 Å². The Balaban J connectivity index is 1.81. The van der Waals surface area contributed by atoms with Gasteiger partial charge in [0, 0.05) is 4.90 Å². The summed E-state index contributed by atoms with van der Waals surface area (Å²) in [7, 11) is 0. The molecule has 3 atom stereocenters. The second-order valence-electron chi connectivity index (χ2n) is 7.76. The van der Waals surface area contributed by atoms with E-state index in [1.165, 1.54) is 28.2 Å². The predicted octanol–water partition coefficient (Wildman–Crippen LogP) is 7.25. The van der Waals surface area contributed by atoms with Crippen molar-refractivity contribution in [1.29, 1.82) is 0 Å². The van der Waals surface area contributed by atoms with Crippen LogP contribution in [-0.2, 0) is 4.74 Å². The van der Waals surface area contributed by atoms with Gasteiger partial charge in [0.15, 0.2) is 0 Å². The molecule has 2 aromatic rings. The average molecular weight is 367 g/mol. The van der Waals surface area contributed by atoms with Crippen molar-refractivity contribution in [2.75, 3.05) is 0 Å². The van der Waals surface area contributed by atoms with Crippen LogP contribution >= 0.6 is 11.8 Å². The minimum Gasteiger partial charge on any atom is -0.497 e. The van der Waals surface area contributed by atoms with Gasteiger partial charge >= 0.3 is 0 Å². The number of hydrogen-bond donors (Lipinski definition) is 0. The van der Waals surface area contributed by atoms with Crippen LogP contribution in [0.4, 0.5) is 0 Å². The zero-order valence-electron chi connectivity index (χ0n) is 16.1. The summed E-state index contributed by atoms with van der Waals surface area (Å²) in [6.07, 6.45) is 6.12. The summed E-state index contributed by atoms with van der Waals surface area (Å²) in [6, 6.07) is 21.1. The van der Waals surface area contributed by atoms with E-state index in [1.54, 1.807) is 11.8 Å². The topological polar surface area (TPSA) is 9.23 Å². The number of benzene rings is 2. The Morgan fingerprint density at radius 2 is 1.65 bits per heavy atom. The lowest BCUT2D eigenvalue weighted by Crippen LogP contribution is -2.33. The van der Waals surface area contributed by atoms with Crippen molar-refractivity contribution in [3.05, 3.63) is 72.5 Å². The van der Waals surface area contributed by atoms with Gasteiger partial charge in [-0.2, -0.15) is 0 Å². The maximum Gasteiger partial charge on any atom is 0.101 e. The van der Waals surface area contributed by atoms with Gasteiger partial charge in [0.2, 0.25) is 0 Å². The van der Waals surface area contributed by atoms with Crippen molar-refractivity contribution >= 4 is 16.7 Å². The van der Waals surface area contributed by atoms with Crippen LogP contribution in [0.15, 0.2) is 71.8 Å². The van der Waals surface area contributed by atoms with Gasteiger partial charge in [-0.15, -0.1) is 0 Å². The summed E-state index contributed by atoms with van der Waals surface area (Å²) in [5.41, 5.74) is 1.21. The number of ether oxygens (including phenoxy) is 1. The summed E-state index contributed by atoms with van der Waals surface area (Å²) in [4.78, 5) is 2.42. The molecule has 1 fully saturated rings. The summed E-state index contributed by atoms with van der Waals surface area (Å²) < 4.78 is 6.43. The Morgan fingerprint density at radius 1 is 1.00 bits per heavy atom. The van der Waals surface area contributed by atoms with E-state index < -0.39 is 0 Å². The summed E-state index contributed by atoms with van der Waals surface area (Å²) in [5.74, 6) is 2.08. The highest BCUT2D eigenvalue weighted by Gasteiger charge is 2.31. The second kappa shape index (κ2) is 9.32. The molecule has 1 saturated carbocycles. The van der Waals surface area contributed by atoms with E-state index in [0.29, 0.717) is 17.9 Å². The first-order valence-corrected chi connectivity index (χ1v) is 10.6. The van der Waals surface area contributed by atoms with Crippen LogP contribution in [0.2, 0.25) is 0 Å². The van der Waals surface area contributed by atoms with Gasteiger partial charge in [-0.1, -0.05) is 87.5 Å². The molecule has 0 N–H and O–H groups in total. The molecule has 0 amide bonds. The van der Waals surface area contributed by atoms with Crippen LogP contribution in [-0.4, -0.2) is 6.10 Å². The average Bonchev–Trinajstić information content (AvgIpc) is 2.66. The van der Waals surface area contributed by atoms with Crippen LogP contribution in [0, 0.1) is 17.8 Å². The molecule has 2 aromatic carbocycles. The molecule has 138 valence electrons. The highest BCUT2D eigenvalue weighted by molar-refractivity contribution is 8.08. The smallest absolute Gasteiger partial charge is 0.101 e. The minimum absolute atomic E-state index is 0.328.